The molecule has 1 unspecified atom stereocenters. The Bertz CT molecular complexity index is 58.4. The summed E-state index contributed by atoms with van der Waals surface area (Å²) in [5.41, 5.74) is 0. The summed E-state index contributed by atoms with van der Waals surface area (Å²) in [6, 6.07) is 0. The molecule has 0 spiro atoms. The van der Waals surface area contributed by atoms with E-state index < -0.39 is 13.6 Å². The van der Waals surface area contributed by atoms with Crippen LogP contribution in [0.1, 0.15) is 20.3 Å². The largest absolute Gasteiger partial charge is 0.588 e. The molecule has 1 atom stereocenters. The van der Waals surface area contributed by atoms with Gasteiger partial charge in [-0.2, -0.15) is 0 Å². The predicted molar refractivity (Wildman–Crippen MR) is 38.3 cm³/mol. The summed E-state index contributed by atoms with van der Waals surface area (Å²) in [5.74, 6) is 1.97. The average Bonchev–Trinajstić information content (AvgIpc) is 1.65. The zero-order valence-corrected chi connectivity index (χ0v) is 7.56. The van der Waals surface area contributed by atoms with Gasteiger partial charge in [0.05, 0.1) is 0 Å². The van der Waals surface area contributed by atoms with Gasteiger partial charge in [-0.25, -0.2) is 10.0 Å². The highest BCUT2D eigenvalue weighted by Crippen LogP contribution is 2.00. The Balaban J connectivity index is 3.10. The second kappa shape index (κ2) is 4.64. The van der Waals surface area contributed by atoms with Crippen LogP contribution in [-0.4, -0.2) is 19.7 Å². The van der Waals surface area contributed by atoms with Gasteiger partial charge in [0.25, 0.3) is 0 Å². The highest BCUT2D eigenvalue weighted by atomic mass is 35.6. The van der Waals surface area contributed by atoms with E-state index in [1.165, 1.54) is 0 Å². The average molecular weight is 151 g/mol. The Kier molecular flexibility index (Phi) is 5.10. The molecule has 0 aliphatic heterocycles. The molecule has 0 radical (unpaired) electrons. The summed E-state index contributed by atoms with van der Waals surface area (Å²) >= 11 is -1.27. The normalized spacial score (nSPS) is 13.5. The Hall–Kier alpha value is 0.782. The standard InChI is InChI=1S/C4H9O.CH3.Al.ClH/c1-3-4(2)5;;;/h4H,3H2,1-2H3;1H3;;1H/q-1;;+2;/p-1. The molecule has 48 valence electrons. The maximum absolute atomic E-state index is 5.67. The van der Waals surface area contributed by atoms with Gasteiger partial charge in [0.15, 0.2) is 0 Å². The van der Waals surface area contributed by atoms with E-state index in [2.05, 4.69) is 6.92 Å². The van der Waals surface area contributed by atoms with E-state index in [9.17, 15) is 0 Å². The van der Waals surface area contributed by atoms with Crippen LogP contribution in [0.4, 0.5) is 0 Å². The van der Waals surface area contributed by atoms with Crippen molar-refractivity contribution in [1.29, 1.82) is 0 Å². The molecule has 0 aromatic carbocycles. The van der Waals surface area contributed by atoms with Crippen molar-refractivity contribution in [2.75, 3.05) is 0 Å². The van der Waals surface area contributed by atoms with E-state index >= 15 is 0 Å². The summed E-state index contributed by atoms with van der Waals surface area (Å²) in [7, 11) is 5.67. The van der Waals surface area contributed by atoms with Crippen LogP contribution in [-0.2, 0) is 3.79 Å². The lowest BCUT2D eigenvalue weighted by Crippen LogP contribution is -2.14. The third kappa shape index (κ3) is 4.93. The number of halogens is 1. The summed E-state index contributed by atoms with van der Waals surface area (Å²) in [4.78, 5) is 0. The van der Waals surface area contributed by atoms with Crippen LogP contribution in [0.25, 0.3) is 0 Å². The zero-order valence-electron chi connectivity index (χ0n) is 5.65. The fourth-order valence-corrected chi connectivity index (χ4v) is 1.78. The fourth-order valence-electron chi connectivity index (χ4n) is 0.416. The second-order valence-electron chi connectivity index (χ2n) is 1.90. The van der Waals surface area contributed by atoms with Crippen molar-refractivity contribution in [2.45, 2.75) is 32.2 Å². The third-order valence-electron chi connectivity index (χ3n) is 0.995. The van der Waals surface area contributed by atoms with E-state index in [-0.39, 0.29) is 0 Å². The van der Waals surface area contributed by atoms with E-state index in [0.29, 0.717) is 6.10 Å². The summed E-state index contributed by atoms with van der Waals surface area (Å²) in [6.07, 6.45) is 1.42. The van der Waals surface area contributed by atoms with Gasteiger partial charge in [0.2, 0.25) is 0 Å². The molecular formula is C5H12AlClO. The Morgan fingerprint density at radius 3 is 2.38 bits per heavy atom. The van der Waals surface area contributed by atoms with Gasteiger partial charge in [0.1, 0.15) is 0 Å². The van der Waals surface area contributed by atoms with Gasteiger partial charge in [-0.1, -0.05) is 12.7 Å². The SMILES string of the molecule is CCC(C)[O][Al]([CH3])[Cl]. The fraction of sp³-hybridized carbons (Fsp3) is 1.00. The first-order valence-electron chi connectivity index (χ1n) is 2.96. The minimum absolute atomic E-state index is 0.356. The van der Waals surface area contributed by atoms with Crippen LogP contribution in [0.3, 0.4) is 0 Å². The Morgan fingerprint density at radius 1 is 1.75 bits per heavy atom. The van der Waals surface area contributed by atoms with Crippen molar-refractivity contribution >= 4 is 23.6 Å². The molecule has 0 aliphatic carbocycles. The van der Waals surface area contributed by atoms with Crippen LogP contribution in [0.15, 0.2) is 0 Å². The molecular weight excluding hydrogens is 138 g/mol. The summed E-state index contributed by atoms with van der Waals surface area (Å²) < 4.78 is 5.30. The van der Waals surface area contributed by atoms with Gasteiger partial charge in [-0.15, -0.1) is 0 Å². The minimum atomic E-state index is -1.27. The van der Waals surface area contributed by atoms with Crippen molar-refractivity contribution in [3.63, 3.8) is 0 Å². The molecule has 0 N–H and O–H groups in total. The van der Waals surface area contributed by atoms with E-state index in [0.717, 1.165) is 6.42 Å². The molecule has 0 fully saturated rings. The summed E-state index contributed by atoms with van der Waals surface area (Å²) in [6.45, 7) is 4.14. The van der Waals surface area contributed by atoms with E-state index in [1.54, 1.807) is 0 Å². The molecule has 0 saturated carbocycles. The molecule has 8 heavy (non-hydrogen) atoms. The van der Waals surface area contributed by atoms with Crippen LogP contribution >= 0.6 is 10.0 Å². The van der Waals surface area contributed by atoms with Gasteiger partial charge in [0, 0.05) is 6.10 Å². The Labute approximate surface area is 59.9 Å². The second-order valence-corrected chi connectivity index (χ2v) is 5.10. The number of rotatable bonds is 3. The first-order chi connectivity index (χ1) is 3.66. The van der Waals surface area contributed by atoms with Crippen LogP contribution in [0.5, 0.6) is 0 Å². The van der Waals surface area contributed by atoms with Gasteiger partial charge >= 0.3 is 13.6 Å². The minimum Gasteiger partial charge on any atom is -0.487 e. The molecule has 0 rings (SSSR count). The van der Waals surface area contributed by atoms with E-state index in [1.807, 2.05) is 12.7 Å². The topological polar surface area (TPSA) is 9.23 Å². The Morgan fingerprint density at radius 2 is 2.25 bits per heavy atom. The molecule has 3 heteroatoms. The van der Waals surface area contributed by atoms with Crippen molar-refractivity contribution < 1.29 is 3.79 Å². The van der Waals surface area contributed by atoms with Crippen LogP contribution in [0, 0.1) is 0 Å². The predicted octanol–water partition coefficient (Wildman–Crippen LogP) is 2.16. The van der Waals surface area contributed by atoms with Gasteiger partial charge in [-0.3, -0.25) is 0 Å². The molecule has 0 heterocycles. The first kappa shape index (κ1) is 8.78. The molecule has 0 aromatic rings. The lowest BCUT2D eigenvalue weighted by molar-refractivity contribution is 0.227. The lowest BCUT2D eigenvalue weighted by Gasteiger charge is -2.09. The molecule has 0 aromatic heterocycles. The third-order valence-corrected chi connectivity index (χ3v) is 2.14. The molecule has 0 amide bonds. The van der Waals surface area contributed by atoms with Crippen molar-refractivity contribution in [3.05, 3.63) is 0 Å². The van der Waals surface area contributed by atoms with Crippen molar-refractivity contribution in [2.24, 2.45) is 0 Å². The van der Waals surface area contributed by atoms with Crippen LogP contribution in [0.2, 0.25) is 5.79 Å². The first-order valence-corrected chi connectivity index (χ1v) is 6.33. The smallest absolute Gasteiger partial charge is 0.487 e. The lowest BCUT2D eigenvalue weighted by atomic mass is 10.3. The highest BCUT2D eigenvalue weighted by Gasteiger charge is 2.11. The number of hydrogen-bond donors (Lipinski definition) is 0. The van der Waals surface area contributed by atoms with Crippen molar-refractivity contribution in [3.8, 4) is 0 Å². The quantitative estimate of drug-likeness (QED) is 0.561. The number of hydrogen-bond acceptors (Lipinski definition) is 1. The monoisotopic (exact) mass is 150 g/mol. The van der Waals surface area contributed by atoms with Gasteiger partial charge < -0.3 is 3.79 Å². The zero-order chi connectivity index (χ0) is 6.57. The molecule has 1 nitrogen and oxygen atoms in total. The van der Waals surface area contributed by atoms with E-state index in [4.69, 9.17) is 13.8 Å². The highest BCUT2D eigenvalue weighted by molar-refractivity contribution is 7.02. The van der Waals surface area contributed by atoms with Crippen molar-refractivity contribution in [1.82, 2.24) is 0 Å². The van der Waals surface area contributed by atoms with Crippen LogP contribution < -0.4 is 0 Å². The molecule has 0 bridgehead atoms. The summed E-state index contributed by atoms with van der Waals surface area (Å²) in [5, 5.41) is 0. The van der Waals surface area contributed by atoms with Gasteiger partial charge in [-0.05, 0) is 13.3 Å². The maximum atomic E-state index is 5.67. The molecule has 0 aliphatic rings. The molecule has 0 saturated heterocycles. The maximum Gasteiger partial charge on any atom is 0.588 e.